The number of carbonyl (C=O) groups is 2. The lowest BCUT2D eigenvalue weighted by Gasteiger charge is -2.16. The van der Waals surface area contributed by atoms with Crippen LogP contribution in [0.4, 0.5) is 5.69 Å². The van der Waals surface area contributed by atoms with Gasteiger partial charge >= 0.3 is 5.97 Å². The molecule has 0 spiro atoms. The number of carbonyl (C=O) groups excluding carboxylic acids is 2. The van der Waals surface area contributed by atoms with E-state index >= 15 is 0 Å². The summed E-state index contributed by atoms with van der Waals surface area (Å²) in [6, 6.07) is 12.5. The normalized spacial score (nSPS) is 11.5. The smallest absolute Gasteiger partial charge is 0.337 e. The number of rotatable bonds is 5. The second-order valence-electron chi connectivity index (χ2n) is 5.58. The molecule has 0 saturated heterocycles. The highest BCUT2D eigenvalue weighted by molar-refractivity contribution is 5.97. The summed E-state index contributed by atoms with van der Waals surface area (Å²) in [5.74, 6) is -0.113. The molecule has 0 aromatic heterocycles. The highest BCUT2D eigenvalue weighted by Gasteiger charge is 2.17. The number of methoxy groups -OCH3 is 1. The molecule has 0 unspecified atom stereocenters. The van der Waals surface area contributed by atoms with Gasteiger partial charge in [0.25, 0.3) is 5.91 Å². The molecule has 1 amide bonds. The van der Waals surface area contributed by atoms with Crippen LogP contribution in [0.3, 0.4) is 0 Å². The standard InChI is InChI=1S/C19H21NO4/c1-12-5-9-16(10-6-12)24-14(3)18(21)20-17-11-15(19(22)23-4)8-7-13(17)2/h5-11,14H,1-4H3,(H,20,21)/t14-/m0/s1. The van der Waals surface area contributed by atoms with Crippen LogP contribution in [0.15, 0.2) is 42.5 Å². The van der Waals surface area contributed by atoms with Crippen LogP contribution in [0.5, 0.6) is 5.75 Å². The largest absolute Gasteiger partial charge is 0.481 e. The summed E-state index contributed by atoms with van der Waals surface area (Å²) in [6.07, 6.45) is -0.672. The van der Waals surface area contributed by atoms with Gasteiger partial charge in [-0.3, -0.25) is 4.79 Å². The van der Waals surface area contributed by atoms with E-state index in [2.05, 4.69) is 5.32 Å². The van der Waals surface area contributed by atoms with Crippen molar-refractivity contribution in [3.8, 4) is 5.75 Å². The van der Waals surface area contributed by atoms with E-state index in [0.717, 1.165) is 11.1 Å². The lowest BCUT2D eigenvalue weighted by atomic mass is 10.1. The lowest BCUT2D eigenvalue weighted by molar-refractivity contribution is -0.122. The lowest BCUT2D eigenvalue weighted by Crippen LogP contribution is -2.30. The molecule has 5 nitrogen and oxygen atoms in total. The van der Waals surface area contributed by atoms with Gasteiger partial charge in [0.15, 0.2) is 6.10 Å². The summed E-state index contributed by atoms with van der Waals surface area (Å²) in [6.45, 7) is 5.51. The molecule has 5 heteroatoms. The Morgan fingerprint density at radius 1 is 1.04 bits per heavy atom. The van der Waals surface area contributed by atoms with Crippen molar-refractivity contribution in [3.05, 3.63) is 59.2 Å². The van der Waals surface area contributed by atoms with Crippen molar-refractivity contribution < 1.29 is 19.1 Å². The Morgan fingerprint density at radius 3 is 2.33 bits per heavy atom. The van der Waals surface area contributed by atoms with E-state index in [-0.39, 0.29) is 5.91 Å². The van der Waals surface area contributed by atoms with E-state index in [4.69, 9.17) is 9.47 Å². The van der Waals surface area contributed by atoms with Crippen LogP contribution in [0.25, 0.3) is 0 Å². The van der Waals surface area contributed by atoms with Gasteiger partial charge in [-0.15, -0.1) is 0 Å². The zero-order chi connectivity index (χ0) is 17.7. The van der Waals surface area contributed by atoms with Crippen LogP contribution >= 0.6 is 0 Å². The van der Waals surface area contributed by atoms with E-state index in [1.54, 1.807) is 25.1 Å². The first kappa shape index (κ1) is 17.5. The quantitative estimate of drug-likeness (QED) is 0.854. The van der Waals surface area contributed by atoms with Crippen molar-refractivity contribution in [2.24, 2.45) is 0 Å². The summed E-state index contributed by atoms with van der Waals surface area (Å²) >= 11 is 0. The number of hydrogen-bond donors (Lipinski definition) is 1. The average Bonchev–Trinajstić information content (AvgIpc) is 2.58. The topological polar surface area (TPSA) is 64.6 Å². The second-order valence-corrected chi connectivity index (χ2v) is 5.58. The minimum Gasteiger partial charge on any atom is -0.481 e. The van der Waals surface area contributed by atoms with Crippen LogP contribution < -0.4 is 10.1 Å². The van der Waals surface area contributed by atoms with E-state index in [1.807, 2.05) is 38.1 Å². The van der Waals surface area contributed by atoms with Crippen LogP contribution in [0.1, 0.15) is 28.4 Å². The van der Waals surface area contributed by atoms with Gasteiger partial charge in [-0.05, 0) is 50.6 Å². The fourth-order valence-electron chi connectivity index (χ4n) is 2.11. The summed E-state index contributed by atoms with van der Waals surface area (Å²) in [5, 5.41) is 2.79. The molecule has 24 heavy (non-hydrogen) atoms. The second kappa shape index (κ2) is 7.64. The van der Waals surface area contributed by atoms with E-state index in [1.165, 1.54) is 7.11 Å². The third-order valence-electron chi connectivity index (χ3n) is 3.62. The molecule has 0 aliphatic carbocycles. The first-order chi connectivity index (χ1) is 11.4. The predicted octanol–water partition coefficient (Wildman–Crippen LogP) is 3.50. The third-order valence-corrected chi connectivity index (χ3v) is 3.62. The number of amides is 1. The van der Waals surface area contributed by atoms with Crippen molar-refractivity contribution in [1.82, 2.24) is 0 Å². The molecule has 126 valence electrons. The van der Waals surface area contributed by atoms with Crippen LogP contribution in [0, 0.1) is 13.8 Å². The summed E-state index contributed by atoms with van der Waals surface area (Å²) < 4.78 is 10.3. The minimum absolute atomic E-state index is 0.291. The molecule has 1 atom stereocenters. The Kier molecular flexibility index (Phi) is 5.58. The van der Waals surface area contributed by atoms with Crippen molar-refractivity contribution in [3.63, 3.8) is 0 Å². The molecule has 0 saturated carbocycles. The maximum atomic E-state index is 12.3. The van der Waals surface area contributed by atoms with E-state index < -0.39 is 12.1 Å². The van der Waals surface area contributed by atoms with Gasteiger partial charge in [0.05, 0.1) is 12.7 Å². The molecule has 2 rings (SSSR count). The zero-order valence-corrected chi connectivity index (χ0v) is 14.3. The summed E-state index contributed by atoms with van der Waals surface area (Å²) in [5.41, 5.74) is 2.90. The fourth-order valence-corrected chi connectivity index (χ4v) is 2.11. The van der Waals surface area contributed by atoms with Crippen LogP contribution in [-0.4, -0.2) is 25.1 Å². The Balaban J connectivity index is 2.08. The highest BCUT2D eigenvalue weighted by atomic mass is 16.5. The number of hydrogen-bond acceptors (Lipinski definition) is 4. The van der Waals surface area contributed by atoms with E-state index in [9.17, 15) is 9.59 Å². The third kappa shape index (κ3) is 4.35. The summed E-state index contributed by atoms with van der Waals surface area (Å²) in [7, 11) is 1.32. The first-order valence-electron chi connectivity index (χ1n) is 7.64. The maximum Gasteiger partial charge on any atom is 0.337 e. The van der Waals surface area contributed by atoms with Crippen molar-refractivity contribution in [2.45, 2.75) is 26.9 Å². The first-order valence-corrected chi connectivity index (χ1v) is 7.64. The van der Waals surface area contributed by atoms with Crippen molar-refractivity contribution in [1.29, 1.82) is 0 Å². The molecule has 0 aliphatic heterocycles. The molecule has 0 aliphatic rings. The van der Waals surface area contributed by atoms with E-state index in [0.29, 0.717) is 17.0 Å². The number of benzene rings is 2. The molecule has 0 bridgehead atoms. The Hall–Kier alpha value is -2.82. The van der Waals surface area contributed by atoms with Crippen LogP contribution in [-0.2, 0) is 9.53 Å². The Morgan fingerprint density at radius 2 is 1.71 bits per heavy atom. The molecule has 2 aromatic rings. The maximum absolute atomic E-state index is 12.3. The van der Waals surface area contributed by atoms with Gasteiger partial charge in [-0.1, -0.05) is 23.8 Å². The van der Waals surface area contributed by atoms with Gasteiger partial charge < -0.3 is 14.8 Å². The minimum atomic E-state index is -0.672. The highest BCUT2D eigenvalue weighted by Crippen LogP contribution is 2.19. The predicted molar refractivity (Wildman–Crippen MR) is 92.4 cm³/mol. The Bertz CT molecular complexity index is 738. The van der Waals surface area contributed by atoms with Gasteiger partial charge in [-0.2, -0.15) is 0 Å². The molecular weight excluding hydrogens is 306 g/mol. The average molecular weight is 327 g/mol. The molecule has 0 fully saturated rings. The SMILES string of the molecule is COC(=O)c1ccc(C)c(NC(=O)[C@H](C)Oc2ccc(C)cc2)c1. The fraction of sp³-hybridized carbons (Fsp3) is 0.263. The molecule has 2 aromatic carbocycles. The number of ether oxygens (including phenoxy) is 2. The molecule has 0 heterocycles. The number of nitrogens with one attached hydrogen (secondary N) is 1. The number of esters is 1. The van der Waals surface area contributed by atoms with Gasteiger partial charge in [0.1, 0.15) is 5.75 Å². The zero-order valence-electron chi connectivity index (χ0n) is 14.3. The van der Waals surface area contributed by atoms with Gasteiger partial charge in [0.2, 0.25) is 0 Å². The molecule has 0 radical (unpaired) electrons. The van der Waals surface area contributed by atoms with Gasteiger partial charge in [-0.25, -0.2) is 4.79 Å². The number of anilines is 1. The Labute approximate surface area is 141 Å². The van der Waals surface area contributed by atoms with Crippen molar-refractivity contribution in [2.75, 3.05) is 12.4 Å². The van der Waals surface area contributed by atoms with Crippen molar-refractivity contribution >= 4 is 17.6 Å². The molecular formula is C19H21NO4. The number of aryl methyl sites for hydroxylation is 2. The van der Waals surface area contributed by atoms with Crippen LogP contribution in [0.2, 0.25) is 0 Å². The molecule has 1 N–H and O–H groups in total. The summed E-state index contributed by atoms with van der Waals surface area (Å²) in [4.78, 5) is 23.9. The van der Waals surface area contributed by atoms with Gasteiger partial charge in [0, 0.05) is 5.69 Å². The monoisotopic (exact) mass is 327 g/mol.